The molecule has 2 aromatic rings. The van der Waals surface area contributed by atoms with E-state index in [4.69, 9.17) is 4.52 Å². The van der Waals surface area contributed by atoms with E-state index in [-0.39, 0.29) is 42.9 Å². The second kappa shape index (κ2) is 6.69. The minimum Gasteiger partial charge on any atom is -0.356 e. The molecule has 0 saturated carbocycles. The van der Waals surface area contributed by atoms with Crippen molar-refractivity contribution in [2.24, 2.45) is 11.3 Å². The summed E-state index contributed by atoms with van der Waals surface area (Å²) >= 11 is 0. The predicted octanol–water partition coefficient (Wildman–Crippen LogP) is 4.35. The van der Waals surface area contributed by atoms with Gasteiger partial charge in [0.1, 0.15) is 0 Å². The van der Waals surface area contributed by atoms with Crippen LogP contribution in [0.4, 0.5) is 19.0 Å². The molecule has 1 atom stereocenters. The van der Waals surface area contributed by atoms with E-state index >= 15 is 0 Å². The molecule has 148 valence electrons. The van der Waals surface area contributed by atoms with Crippen molar-refractivity contribution in [3.05, 3.63) is 17.5 Å². The molecular formula is C18H23F3N4O2. The third kappa shape index (κ3) is 4.33. The van der Waals surface area contributed by atoms with Crippen LogP contribution in [0.1, 0.15) is 45.0 Å². The Morgan fingerprint density at radius 3 is 2.63 bits per heavy atom. The van der Waals surface area contributed by atoms with Crippen molar-refractivity contribution in [1.29, 1.82) is 0 Å². The quantitative estimate of drug-likeness (QED) is 0.854. The lowest BCUT2D eigenvalue weighted by Crippen LogP contribution is -2.31. The smallest absolute Gasteiger partial charge is 0.356 e. The highest BCUT2D eigenvalue weighted by atomic mass is 19.4. The van der Waals surface area contributed by atoms with E-state index in [1.807, 2.05) is 20.8 Å². The van der Waals surface area contributed by atoms with Gasteiger partial charge in [-0.2, -0.15) is 18.3 Å². The zero-order valence-corrected chi connectivity index (χ0v) is 15.8. The standard InChI is InChI=1S/C18H23F3N4O2/c1-10-7-13(27-24-10)15-12-8-11(18(19,20)21)5-6-25(12)23-16(15)22-14(26)9-17(2,3)4/h7,11H,5-6,8-9H2,1-4H3,(H,22,23,26). The van der Waals surface area contributed by atoms with Crippen molar-refractivity contribution in [3.63, 3.8) is 0 Å². The molecule has 0 aliphatic carbocycles. The van der Waals surface area contributed by atoms with Gasteiger partial charge in [0, 0.05) is 25.5 Å². The Labute approximate surface area is 155 Å². The average molecular weight is 384 g/mol. The van der Waals surface area contributed by atoms with Crippen molar-refractivity contribution < 1.29 is 22.5 Å². The minimum atomic E-state index is -4.28. The van der Waals surface area contributed by atoms with Crippen LogP contribution in [0.15, 0.2) is 10.6 Å². The van der Waals surface area contributed by atoms with Crippen LogP contribution in [-0.2, 0) is 17.8 Å². The maximum Gasteiger partial charge on any atom is 0.392 e. The first kappa shape index (κ1) is 19.4. The maximum atomic E-state index is 13.2. The van der Waals surface area contributed by atoms with Gasteiger partial charge in [-0.3, -0.25) is 9.48 Å². The van der Waals surface area contributed by atoms with E-state index in [0.29, 0.717) is 22.7 Å². The summed E-state index contributed by atoms with van der Waals surface area (Å²) in [6.45, 7) is 7.65. The number of halogens is 3. The molecule has 0 saturated heterocycles. The number of carbonyl (C=O) groups is 1. The number of aryl methyl sites for hydroxylation is 2. The highest BCUT2D eigenvalue weighted by Gasteiger charge is 2.43. The summed E-state index contributed by atoms with van der Waals surface area (Å²) in [6.07, 6.45) is -4.27. The van der Waals surface area contributed by atoms with Crippen LogP contribution in [-0.4, -0.2) is 27.0 Å². The van der Waals surface area contributed by atoms with Crippen LogP contribution in [0.2, 0.25) is 0 Å². The Bertz CT molecular complexity index is 846. The first-order valence-corrected chi connectivity index (χ1v) is 8.84. The molecule has 6 nitrogen and oxygen atoms in total. The number of nitrogens with zero attached hydrogens (tertiary/aromatic N) is 3. The van der Waals surface area contributed by atoms with Gasteiger partial charge < -0.3 is 9.84 Å². The number of alkyl halides is 3. The molecule has 1 unspecified atom stereocenters. The Balaban J connectivity index is 1.99. The van der Waals surface area contributed by atoms with Crippen LogP contribution in [0.25, 0.3) is 11.3 Å². The van der Waals surface area contributed by atoms with E-state index in [9.17, 15) is 18.0 Å². The largest absolute Gasteiger partial charge is 0.392 e. The fourth-order valence-electron chi connectivity index (χ4n) is 3.27. The summed E-state index contributed by atoms with van der Waals surface area (Å²) in [5.74, 6) is -1.16. The highest BCUT2D eigenvalue weighted by molar-refractivity contribution is 5.94. The fourth-order valence-corrected chi connectivity index (χ4v) is 3.27. The minimum absolute atomic E-state index is 0.0393. The number of carbonyl (C=O) groups excluding carboxylic acids is 1. The van der Waals surface area contributed by atoms with Gasteiger partial charge in [0.05, 0.1) is 22.9 Å². The normalized spacial score (nSPS) is 17.7. The van der Waals surface area contributed by atoms with Gasteiger partial charge in [0.25, 0.3) is 0 Å². The zero-order valence-electron chi connectivity index (χ0n) is 15.8. The van der Waals surface area contributed by atoms with Gasteiger partial charge in [-0.15, -0.1) is 0 Å². The third-order valence-corrected chi connectivity index (χ3v) is 4.47. The van der Waals surface area contributed by atoms with Crippen molar-refractivity contribution in [1.82, 2.24) is 14.9 Å². The first-order valence-electron chi connectivity index (χ1n) is 8.84. The maximum absolute atomic E-state index is 13.2. The van der Waals surface area contributed by atoms with E-state index < -0.39 is 12.1 Å². The number of fused-ring (bicyclic) bond motifs is 1. The summed E-state index contributed by atoms with van der Waals surface area (Å²) in [5, 5.41) is 10.9. The van der Waals surface area contributed by atoms with Crippen LogP contribution < -0.4 is 5.32 Å². The molecule has 0 fully saturated rings. The summed E-state index contributed by atoms with van der Waals surface area (Å²) in [4.78, 5) is 12.4. The fraction of sp³-hybridized carbons (Fsp3) is 0.611. The van der Waals surface area contributed by atoms with Gasteiger partial charge in [0.2, 0.25) is 5.91 Å². The second-order valence-corrected chi connectivity index (χ2v) is 8.24. The molecule has 0 spiro atoms. The van der Waals surface area contributed by atoms with Crippen LogP contribution in [0, 0.1) is 18.3 Å². The number of hydrogen-bond donors (Lipinski definition) is 1. The van der Waals surface area contributed by atoms with Gasteiger partial charge >= 0.3 is 6.18 Å². The molecule has 3 heterocycles. The lowest BCUT2D eigenvalue weighted by molar-refractivity contribution is -0.179. The van der Waals surface area contributed by atoms with Crippen LogP contribution in [0.5, 0.6) is 0 Å². The lowest BCUT2D eigenvalue weighted by Gasteiger charge is -2.25. The summed E-state index contributed by atoms with van der Waals surface area (Å²) in [7, 11) is 0. The number of nitrogens with one attached hydrogen (secondary N) is 1. The molecule has 27 heavy (non-hydrogen) atoms. The summed E-state index contributed by atoms with van der Waals surface area (Å²) in [5.41, 5.74) is 1.16. The van der Waals surface area contributed by atoms with Gasteiger partial charge in [-0.1, -0.05) is 25.9 Å². The molecule has 1 aliphatic heterocycles. The molecule has 1 aliphatic rings. The molecule has 1 amide bonds. The zero-order chi connectivity index (χ0) is 20.0. The highest BCUT2D eigenvalue weighted by Crippen LogP contribution is 2.41. The van der Waals surface area contributed by atoms with Gasteiger partial charge in [-0.05, 0) is 18.8 Å². The summed E-state index contributed by atoms with van der Waals surface area (Å²) < 4.78 is 46.5. The van der Waals surface area contributed by atoms with Crippen LogP contribution in [0.3, 0.4) is 0 Å². The topological polar surface area (TPSA) is 73.0 Å². The monoisotopic (exact) mass is 384 g/mol. The predicted molar refractivity (Wildman–Crippen MR) is 93.0 cm³/mol. The number of aromatic nitrogens is 3. The Kier molecular flexibility index (Phi) is 4.81. The number of anilines is 1. The molecule has 0 aromatic carbocycles. The summed E-state index contributed by atoms with van der Waals surface area (Å²) in [6, 6.07) is 1.63. The molecule has 9 heteroatoms. The van der Waals surface area contributed by atoms with E-state index in [1.165, 1.54) is 4.68 Å². The Hall–Kier alpha value is -2.32. The molecule has 0 radical (unpaired) electrons. The van der Waals surface area contributed by atoms with Crippen molar-refractivity contribution in [2.75, 3.05) is 5.32 Å². The SMILES string of the molecule is Cc1cc(-c2c(NC(=O)CC(C)(C)C)nn3c2CC(C(F)(F)F)CC3)on1. The van der Waals surface area contributed by atoms with Crippen molar-refractivity contribution in [2.45, 2.75) is 59.7 Å². The third-order valence-electron chi connectivity index (χ3n) is 4.47. The molecule has 2 aromatic heterocycles. The Morgan fingerprint density at radius 1 is 1.37 bits per heavy atom. The number of hydrogen-bond acceptors (Lipinski definition) is 4. The molecular weight excluding hydrogens is 361 g/mol. The van der Waals surface area contributed by atoms with Crippen molar-refractivity contribution >= 4 is 11.7 Å². The van der Waals surface area contributed by atoms with Gasteiger partial charge in [0.15, 0.2) is 11.6 Å². The van der Waals surface area contributed by atoms with E-state index in [0.717, 1.165) is 0 Å². The molecule has 1 N–H and O–H groups in total. The molecule has 0 bridgehead atoms. The first-order chi connectivity index (χ1) is 12.4. The number of amides is 1. The molecule has 3 rings (SSSR count). The van der Waals surface area contributed by atoms with E-state index in [2.05, 4.69) is 15.6 Å². The second-order valence-electron chi connectivity index (χ2n) is 8.24. The average Bonchev–Trinajstić information content (AvgIpc) is 3.06. The van der Waals surface area contributed by atoms with Crippen LogP contribution >= 0.6 is 0 Å². The number of rotatable bonds is 3. The van der Waals surface area contributed by atoms with Gasteiger partial charge in [-0.25, -0.2) is 0 Å². The van der Waals surface area contributed by atoms with E-state index in [1.54, 1.807) is 13.0 Å². The Morgan fingerprint density at radius 2 is 2.07 bits per heavy atom. The lowest BCUT2D eigenvalue weighted by atomic mass is 9.91. The van der Waals surface area contributed by atoms with Crippen molar-refractivity contribution in [3.8, 4) is 11.3 Å².